The first-order valence-electron chi connectivity index (χ1n) is 11.6. The number of hydrogen-bond acceptors (Lipinski definition) is 4. The molecule has 0 bridgehead atoms. The zero-order chi connectivity index (χ0) is 23.9. The van der Waals surface area contributed by atoms with E-state index < -0.39 is 0 Å². The van der Waals surface area contributed by atoms with Gasteiger partial charge in [0, 0.05) is 41.3 Å². The van der Waals surface area contributed by atoms with Crippen LogP contribution in [0.4, 0.5) is 5.69 Å². The number of nitrogens with zero attached hydrogens (tertiary/aromatic N) is 1. The summed E-state index contributed by atoms with van der Waals surface area (Å²) in [5.41, 5.74) is 4.19. The van der Waals surface area contributed by atoms with E-state index in [1.807, 2.05) is 30.3 Å². The number of anilines is 1. The van der Waals surface area contributed by atoms with Crippen LogP contribution in [0.3, 0.4) is 0 Å². The number of allylic oxidation sites excluding steroid dienone is 2. The third kappa shape index (κ3) is 4.29. The Morgan fingerprint density at radius 2 is 1.67 bits per heavy atom. The Labute approximate surface area is 196 Å². The number of carbonyl (C=O) groups excluding carboxylic acids is 2. The van der Waals surface area contributed by atoms with Gasteiger partial charge in [0.25, 0.3) is 0 Å². The number of carbonyl (C=O) groups is 2. The van der Waals surface area contributed by atoms with Crippen molar-refractivity contribution in [2.24, 2.45) is 5.41 Å². The monoisotopic (exact) mass is 447 g/mol. The van der Waals surface area contributed by atoms with E-state index in [9.17, 15) is 9.59 Å². The molecule has 0 saturated carbocycles. The van der Waals surface area contributed by atoms with Gasteiger partial charge in [-0.2, -0.15) is 0 Å². The van der Waals surface area contributed by atoms with Gasteiger partial charge in [-0.3, -0.25) is 14.5 Å². The Bertz CT molecular complexity index is 1110. The highest BCUT2D eigenvalue weighted by atomic mass is 16.5. The predicted octanol–water partition coefficient (Wildman–Crippen LogP) is 5.99. The molecule has 1 aliphatic carbocycles. The average molecular weight is 448 g/mol. The topological polar surface area (TPSA) is 55.8 Å². The fraction of sp³-hybridized carbons (Fsp3) is 0.429. The van der Waals surface area contributed by atoms with E-state index in [-0.39, 0.29) is 29.4 Å². The summed E-state index contributed by atoms with van der Waals surface area (Å²) in [6, 6.07) is 13.7. The highest BCUT2D eigenvalue weighted by Gasteiger charge is 2.45. The van der Waals surface area contributed by atoms with E-state index in [0.29, 0.717) is 30.3 Å². The molecule has 0 fully saturated rings. The zero-order valence-corrected chi connectivity index (χ0v) is 20.4. The van der Waals surface area contributed by atoms with Crippen molar-refractivity contribution in [1.29, 1.82) is 0 Å². The van der Waals surface area contributed by atoms with E-state index in [4.69, 9.17) is 9.47 Å². The lowest BCUT2D eigenvalue weighted by molar-refractivity contribution is -0.121. The van der Waals surface area contributed by atoms with Gasteiger partial charge < -0.3 is 9.47 Å². The molecule has 1 amide bonds. The molecule has 0 spiro atoms. The fourth-order valence-corrected chi connectivity index (χ4v) is 5.10. The number of benzene rings is 2. The summed E-state index contributed by atoms with van der Waals surface area (Å²) in [4.78, 5) is 29.0. The Kier molecular flexibility index (Phi) is 6.08. The van der Waals surface area contributed by atoms with Gasteiger partial charge in [-0.05, 0) is 53.6 Å². The van der Waals surface area contributed by atoms with Gasteiger partial charge in [0.2, 0.25) is 5.91 Å². The van der Waals surface area contributed by atoms with Crippen LogP contribution in [0.2, 0.25) is 0 Å². The van der Waals surface area contributed by atoms with Crippen LogP contribution >= 0.6 is 0 Å². The number of ether oxygens (including phenoxy) is 2. The van der Waals surface area contributed by atoms with Crippen LogP contribution in [0.25, 0.3) is 0 Å². The summed E-state index contributed by atoms with van der Waals surface area (Å²) < 4.78 is 11.1. The van der Waals surface area contributed by atoms with Crippen molar-refractivity contribution in [2.75, 3.05) is 19.1 Å². The number of amides is 1. The van der Waals surface area contributed by atoms with Crippen LogP contribution in [0.1, 0.15) is 69.9 Å². The Morgan fingerprint density at radius 3 is 2.27 bits per heavy atom. The van der Waals surface area contributed by atoms with Gasteiger partial charge in [-0.1, -0.05) is 39.8 Å². The van der Waals surface area contributed by atoms with Gasteiger partial charge in [-0.25, -0.2) is 0 Å². The van der Waals surface area contributed by atoms with E-state index >= 15 is 0 Å². The van der Waals surface area contributed by atoms with E-state index in [1.165, 1.54) is 5.56 Å². The molecular formula is C28H33NO4. The molecule has 2 aliphatic rings. The normalized spacial score (nSPS) is 20.2. The van der Waals surface area contributed by atoms with Crippen LogP contribution in [0.5, 0.6) is 11.5 Å². The highest BCUT2D eigenvalue weighted by molar-refractivity contribution is 6.08. The van der Waals surface area contributed by atoms with Crippen LogP contribution in [-0.4, -0.2) is 25.9 Å². The molecule has 2 aromatic rings. The average Bonchev–Trinajstić information content (AvgIpc) is 2.77. The van der Waals surface area contributed by atoms with Crippen molar-refractivity contribution in [1.82, 2.24) is 0 Å². The maximum absolute atomic E-state index is 13.6. The maximum Gasteiger partial charge on any atom is 0.232 e. The van der Waals surface area contributed by atoms with Crippen molar-refractivity contribution in [3.63, 3.8) is 0 Å². The number of hydrogen-bond donors (Lipinski definition) is 0. The minimum absolute atomic E-state index is 0.00794. The molecule has 174 valence electrons. The summed E-state index contributed by atoms with van der Waals surface area (Å²) >= 11 is 0. The van der Waals surface area contributed by atoms with Gasteiger partial charge in [0.1, 0.15) is 11.5 Å². The molecule has 1 heterocycles. The van der Waals surface area contributed by atoms with Crippen LogP contribution in [0, 0.1) is 5.41 Å². The largest absolute Gasteiger partial charge is 0.497 e. The quantitative estimate of drug-likeness (QED) is 0.565. The Hall–Kier alpha value is -3.08. The van der Waals surface area contributed by atoms with Gasteiger partial charge >= 0.3 is 0 Å². The molecule has 2 aromatic carbocycles. The Morgan fingerprint density at radius 1 is 0.970 bits per heavy atom. The summed E-state index contributed by atoms with van der Waals surface area (Å²) in [7, 11) is 3.22. The van der Waals surface area contributed by atoms with Crippen molar-refractivity contribution < 1.29 is 19.1 Å². The second-order valence-electron chi connectivity index (χ2n) is 10.1. The number of Topliss-reactive ketones (excluding diaryl/α,β-unsaturated/α-hetero) is 1. The Balaban J connectivity index is 1.89. The van der Waals surface area contributed by atoms with Gasteiger partial charge in [-0.15, -0.1) is 0 Å². The van der Waals surface area contributed by atoms with Crippen molar-refractivity contribution in [3.8, 4) is 11.5 Å². The lowest BCUT2D eigenvalue weighted by Gasteiger charge is -2.43. The number of ketones is 1. The summed E-state index contributed by atoms with van der Waals surface area (Å²) in [5, 5.41) is 0. The molecule has 5 nitrogen and oxygen atoms in total. The minimum Gasteiger partial charge on any atom is -0.497 e. The predicted molar refractivity (Wildman–Crippen MR) is 130 cm³/mol. The van der Waals surface area contributed by atoms with Crippen molar-refractivity contribution in [3.05, 3.63) is 64.9 Å². The fourth-order valence-electron chi connectivity index (χ4n) is 5.10. The molecule has 1 atom stereocenters. The summed E-state index contributed by atoms with van der Waals surface area (Å²) in [5.74, 6) is 1.49. The molecule has 0 radical (unpaired) electrons. The SMILES string of the molecule is COc1ccc(OC)c(C2CC(=O)N(c3ccc(C(C)C)cc3)C3=C2C(=O)CC(C)(C)C3)c1. The molecule has 0 saturated heterocycles. The van der Waals surface area contributed by atoms with Gasteiger partial charge in [0.05, 0.1) is 14.2 Å². The first-order valence-corrected chi connectivity index (χ1v) is 11.6. The first-order chi connectivity index (χ1) is 15.6. The second-order valence-corrected chi connectivity index (χ2v) is 10.1. The van der Waals surface area contributed by atoms with E-state index in [1.54, 1.807) is 19.1 Å². The molecule has 0 N–H and O–H groups in total. The lowest BCUT2D eigenvalue weighted by atomic mass is 9.69. The molecule has 0 aromatic heterocycles. The number of rotatable bonds is 5. The zero-order valence-electron chi connectivity index (χ0n) is 20.4. The van der Waals surface area contributed by atoms with Gasteiger partial charge in [0.15, 0.2) is 5.78 Å². The second kappa shape index (κ2) is 8.69. The standard InChI is InChI=1S/C28H33NO4/c1-17(2)18-7-9-19(10-8-18)29-23-15-28(3,4)16-24(30)27(23)22(14-26(29)31)21-13-20(32-5)11-12-25(21)33-6/h7-13,17,22H,14-16H2,1-6H3. The maximum atomic E-state index is 13.6. The van der Waals surface area contributed by atoms with Crippen LogP contribution < -0.4 is 14.4 Å². The molecule has 4 rings (SSSR count). The van der Waals surface area contributed by atoms with Crippen LogP contribution in [-0.2, 0) is 9.59 Å². The third-order valence-corrected chi connectivity index (χ3v) is 6.77. The van der Waals surface area contributed by atoms with Crippen LogP contribution in [0.15, 0.2) is 53.7 Å². The molecule has 5 heteroatoms. The first kappa shape index (κ1) is 23.1. The molecule has 1 unspecified atom stereocenters. The lowest BCUT2D eigenvalue weighted by Crippen LogP contribution is -2.43. The highest BCUT2D eigenvalue weighted by Crippen LogP contribution is 2.50. The van der Waals surface area contributed by atoms with E-state index in [0.717, 1.165) is 22.5 Å². The molecule has 33 heavy (non-hydrogen) atoms. The third-order valence-electron chi connectivity index (χ3n) is 6.77. The molecular weight excluding hydrogens is 414 g/mol. The number of methoxy groups -OCH3 is 2. The van der Waals surface area contributed by atoms with Crippen molar-refractivity contribution in [2.45, 2.75) is 58.8 Å². The summed E-state index contributed by atoms with van der Waals surface area (Å²) in [6.45, 7) is 8.48. The summed E-state index contributed by atoms with van der Waals surface area (Å²) in [6.07, 6.45) is 1.33. The van der Waals surface area contributed by atoms with E-state index in [2.05, 4.69) is 39.8 Å². The smallest absolute Gasteiger partial charge is 0.232 e. The molecule has 1 aliphatic heterocycles. The minimum atomic E-state index is -0.354. The van der Waals surface area contributed by atoms with Crippen molar-refractivity contribution >= 4 is 17.4 Å².